The molecule has 0 amide bonds. The summed E-state index contributed by atoms with van der Waals surface area (Å²) >= 11 is 0. The quantitative estimate of drug-likeness (QED) is 0.592. The Morgan fingerprint density at radius 3 is 3.00 bits per heavy atom. The van der Waals surface area contributed by atoms with E-state index in [2.05, 4.69) is 5.32 Å². The van der Waals surface area contributed by atoms with Gasteiger partial charge in [-0.25, -0.2) is 4.39 Å². The van der Waals surface area contributed by atoms with Gasteiger partial charge in [0.25, 0.3) is 0 Å². The molecule has 0 aliphatic carbocycles. The van der Waals surface area contributed by atoms with Gasteiger partial charge in [-0.15, -0.1) is 0 Å². The Kier molecular flexibility index (Phi) is 2.33. The van der Waals surface area contributed by atoms with Gasteiger partial charge in [-0.3, -0.25) is 0 Å². The average molecular weight is 173 g/mol. The van der Waals surface area contributed by atoms with Crippen molar-refractivity contribution >= 4 is 0 Å². The van der Waals surface area contributed by atoms with Crippen LogP contribution in [-0.4, -0.2) is 32.5 Å². The number of nitrogens with one attached hydrogen (secondary N) is 1. The van der Waals surface area contributed by atoms with Gasteiger partial charge in [-0.05, 0) is 25.8 Å². The van der Waals surface area contributed by atoms with Crippen molar-refractivity contribution in [3.8, 4) is 0 Å². The zero-order valence-electron chi connectivity index (χ0n) is 7.31. The van der Waals surface area contributed by atoms with Crippen LogP contribution >= 0.6 is 0 Å². The molecule has 2 atom stereocenters. The van der Waals surface area contributed by atoms with Crippen LogP contribution in [0.3, 0.4) is 0 Å². The first-order valence-corrected chi connectivity index (χ1v) is 4.76. The van der Waals surface area contributed by atoms with Crippen LogP contribution in [0.5, 0.6) is 0 Å². The van der Waals surface area contributed by atoms with Crippen molar-refractivity contribution in [2.24, 2.45) is 5.41 Å². The fourth-order valence-electron chi connectivity index (χ4n) is 2.27. The molecule has 2 saturated heterocycles. The molecule has 2 nitrogen and oxygen atoms in total. The van der Waals surface area contributed by atoms with Gasteiger partial charge in [-0.2, -0.15) is 0 Å². The van der Waals surface area contributed by atoms with Gasteiger partial charge >= 0.3 is 0 Å². The molecular formula is C9H16FNO. The summed E-state index contributed by atoms with van der Waals surface area (Å²) in [7, 11) is 0. The zero-order chi connectivity index (χ0) is 8.44. The molecule has 2 heterocycles. The average Bonchev–Trinajstić information content (AvgIpc) is 2.12. The lowest BCUT2D eigenvalue weighted by molar-refractivity contribution is -0.0675. The van der Waals surface area contributed by atoms with Crippen LogP contribution in [0.1, 0.15) is 19.3 Å². The molecule has 1 N–H and O–H groups in total. The molecule has 0 radical (unpaired) electrons. The number of piperidine rings is 1. The maximum Gasteiger partial charge on any atom is 0.130 e. The SMILES string of the molecule is FC1COCCC12CCCNC2. The lowest BCUT2D eigenvalue weighted by atomic mass is 9.73. The number of hydrogen-bond acceptors (Lipinski definition) is 2. The Morgan fingerprint density at radius 2 is 2.33 bits per heavy atom. The first kappa shape index (κ1) is 8.45. The highest BCUT2D eigenvalue weighted by molar-refractivity contribution is 4.93. The number of ether oxygens (including phenoxy) is 1. The topological polar surface area (TPSA) is 21.3 Å². The van der Waals surface area contributed by atoms with E-state index in [1.807, 2.05) is 0 Å². The van der Waals surface area contributed by atoms with E-state index in [0.29, 0.717) is 6.61 Å². The van der Waals surface area contributed by atoms with Crippen molar-refractivity contribution in [1.82, 2.24) is 5.32 Å². The summed E-state index contributed by atoms with van der Waals surface area (Å²) in [6.45, 7) is 2.94. The maximum absolute atomic E-state index is 13.6. The van der Waals surface area contributed by atoms with Crippen LogP contribution in [0.4, 0.5) is 4.39 Å². The van der Waals surface area contributed by atoms with E-state index in [4.69, 9.17) is 4.74 Å². The lowest BCUT2D eigenvalue weighted by Gasteiger charge is -2.42. The third-order valence-electron chi connectivity index (χ3n) is 3.18. The first-order chi connectivity index (χ1) is 5.83. The smallest absolute Gasteiger partial charge is 0.130 e. The van der Waals surface area contributed by atoms with Crippen LogP contribution < -0.4 is 5.32 Å². The van der Waals surface area contributed by atoms with E-state index in [1.54, 1.807) is 0 Å². The van der Waals surface area contributed by atoms with Gasteiger partial charge in [0, 0.05) is 18.6 Å². The van der Waals surface area contributed by atoms with Crippen molar-refractivity contribution in [3.63, 3.8) is 0 Å². The van der Waals surface area contributed by atoms with E-state index in [9.17, 15) is 4.39 Å². The number of rotatable bonds is 0. The van der Waals surface area contributed by atoms with Gasteiger partial charge in [0.05, 0.1) is 6.61 Å². The second kappa shape index (κ2) is 3.30. The summed E-state index contributed by atoms with van der Waals surface area (Å²) in [5, 5.41) is 3.28. The van der Waals surface area contributed by atoms with Crippen LogP contribution in [0.25, 0.3) is 0 Å². The van der Waals surface area contributed by atoms with Gasteiger partial charge in [0.1, 0.15) is 6.17 Å². The summed E-state index contributed by atoms with van der Waals surface area (Å²) < 4.78 is 18.7. The van der Waals surface area contributed by atoms with Crippen LogP contribution in [0.15, 0.2) is 0 Å². The molecule has 70 valence electrons. The monoisotopic (exact) mass is 173 g/mol. The number of alkyl halides is 1. The molecule has 12 heavy (non-hydrogen) atoms. The Labute approximate surface area is 72.5 Å². The highest BCUT2D eigenvalue weighted by Crippen LogP contribution is 2.38. The lowest BCUT2D eigenvalue weighted by Crippen LogP contribution is -2.50. The minimum Gasteiger partial charge on any atom is -0.378 e. The third kappa shape index (κ3) is 1.36. The molecule has 2 rings (SSSR count). The predicted molar refractivity (Wildman–Crippen MR) is 44.9 cm³/mol. The van der Waals surface area contributed by atoms with Crippen LogP contribution in [-0.2, 0) is 4.74 Å². The summed E-state index contributed by atoms with van der Waals surface area (Å²) in [6.07, 6.45) is 2.28. The van der Waals surface area contributed by atoms with E-state index < -0.39 is 6.17 Å². The van der Waals surface area contributed by atoms with E-state index >= 15 is 0 Å². The van der Waals surface area contributed by atoms with E-state index in [0.717, 1.165) is 39.0 Å². The molecular weight excluding hydrogens is 157 g/mol. The first-order valence-electron chi connectivity index (χ1n) is 4.76. The largest absolute Gasteiger partial charge is 0.378 e. The predicted octanol–water partition coefficient (Wildman–Crippen LogP) is 1.11. The summed E-state index contributed by atoms with van der Waals surface area (Å²) in [6, 6.07) is 0. The molecule has 2 fully saturated rings. The molecule has 0 saturated carbocycles. The molecule has 2 unspecified atom stereocenters. The number of halogens is 1. The normalized spacial score (nSPS) is 43.2. The fraction of sp³-hybridized carbons (Fsp3) is 1.00. The van der Waals surface area contributed by atoms with Gasteiger partial charge in [0.2, 0.25) is 0 Å². The van der Waals surface area contributed by atoms with Gasteiger partial charge in [-0.1, -0.05) is 0 Å². The molecule has 0 aromatic rings. The van der Waals surface area contributed by atoms with Crippen molar-refractivity contribution in [2.45, 2.75) is 25.4 Å². The summed E-state index contributed by atoms with van der Waals surface area (Å²) in [5.74, 6) is 0. The van der Waals surface area contributed by atoms with Gasteiger partial charge < -0.3 is 10.1 Å². The van der Waals surface area contributed by atoms with E-state index in [1.165, 1.54) is 0 Å². The standard InChI is InChI=1S/C9H16FNO/c10-8-6-12-5-3-9(8)2-1-4-11-7-9/h8,11H,1-7H2. The number of hydrogen-bond donors (Lipinski definition) is 1. The highest BCUT2D eigenvalue weighted by atomic mass is 19.1. The minimum atomic E-state index is -0.751. The Bertz CT molecular complexity index is 148. The molecule has 2 aliphatic rings. The molecule has 0 aromatic carbocycles. The van der Waals surface area contributed by atoms with Crippen molar-refractivity contribution in [2.75, 3.05) is 26.3 Å². The van der Waals surface area contributed by atoms with Crippen molar-refractivity contribution < 1.29 is 9.13 Å². The minimum absolute atomic E-state index is 0.0868. The summed E-state index contributed by atoms with van der Waals surface area (Å²) in [4.78, 5) is 0. The van der Waals surface area contributed by atoms with Crippen molar-refractivity contribution in [1.29, 1.82) is 0 Å². The fourth-order valence-corrected chi connectivity index (χ4v) is 2.27. The Hall–Kier alpha value is -0.150. The highest BCUT2D eigenvalue weighted by Gasteiger charge is 2.42. The molecule has 3 heteroatoms. The van der Waals surface area contributed by atoms with Gasteiger partial charge in [0.15, 0.2) is 0 Å². The maximum atomic E-state index is 13.6. The molecule has 0 bridgehead atoms. The second-order valence-corrected chi connectivity index (χ2v) is 3.94. The molecule has 0 aromatic heterocycles. The molecule has 2 aliphatic heterocycles. The summed E-state index contributed by atoms with van der Waals surface area (Å²) in [5.41, 5.74) is -0.0868. The second-order valence-electron chi connectivity index (χ2n) is 3.94. The van der Waals surface area contributed by atoms with Crippen LogP contribution in [0.2, 0.25) is 0 Å². The molecule has 1 spiro atoms. The van der Waals surface area contributed by atoms with Crippen LogP contribution in [0, 0.1) is 5.41 Å². The Morgan fingerprint density at radius 1 is 1.42 bits per heavy atom. The Balaban J connectivity index is 2.04. The zero-order valence-corrected chi connectivity index (χ0v) is 7.31. The third-order valence-corrected chi connectivity index (χ3v) is 3.18. The van der Waals surface area contributed by atoms with Crippen molar-refractivity contribution in [3.05, 3.63) is 0 Å². The van der Waals surface area contributed by atoms with E-state index in [-0.39, 0.29) is 5.41 Å².